The van der Waals surface area contributed by atoms with Gasteiger partial charge in [0.15, 0.2) is 0 Å². The Morgan fingerprint density at radius 3 is 2.45 bits per heavy atom. The van der Waals surface area contributed by atoms with Gasteiger partial charge in [-0.1, -0.05) is 24.3 Å². The number of hydrogen-bond acceptors (Lipinski definition) is 7. The summed E-state index contributed by atoms with van der Waals surface area (Å²) in [5, 5.41) is 0. The molecule has 0 N–H and O–H groups in total. The zero-order valence-electron chi connectivity index (χ0n) is 18.0. The molecule has 4 rings (SSSR count). The summed E-state index contributed by atoms with van der Waals surface area (Å²) in [5.74, 6) is 2.05. The molecule has 1 unspecified atom stereocenters. The number of nitrogens with zero attached hydrogens (tertiary/aromatic N) is 4. The van der Waals surface area contributed by atoms with Gasteiger partial charge < -0.3 is 14.0 Å². The van der Waals surface area contributed by atoms with Crippen LogP contribution < -0.4 is 9.08 Å². The van der Waals surface area contributed by atoms with Gasteiger partial charge in [0, 0.05) is 52.0 Å². The molecule has 2 aliphatic rings. The van der Waals surface area contributed by atoms with Crippen LogP contribution in [0.4, 0.5) is 5.82 Å². The molecule has 0 aliphatic carbocycles. The van der Waals surface area contributed by atoms with Crippen LogP contribution in [-0.4, -0.2) is 81.3 Å². The van der Waals surface area contributed by atoms with Gasteiger partial charge in [0.05, 0.1) is 5.75 Å². The maximum absolute atomic E-state index is 12.3. The molecule has 2 aromatic rings. The van der Waals surface area contributed by atoms with Gasteiger partial charge in [-0.15, -0.1) is 0 Å². The number of piperazine rings is 1. The van der Waals surface area contributed by atoms with Crippen molar-refractivity contribution in [3.63, 3.8) is 0 Å². The molecule has 2 aliphatic heterocycles. The van der Waals surface area contributed by atoms with Crippen LogP contribution in [-0.2, 0) is 10.1 Å². The monoisotopic (exact) mass is 444 g/mol. The number of anilines is 1. The van der Waals surface area contributed by atoms with Gasteiger partial charge in [-0.3, -0.25) is 4.90 Å². The van der Waals surface area contributed by atoms with Gasteiger partial charge in [-0.05, 0) is 49.6 Å². The Bertz CT molecular complexity index is 903. The van der Waals surface area contributed by atoms with Crippen molar-refractivity contribution in [3.05, 3.63) is 54.7 Å². The first-order chi connectivity index (χ1) is 15.1. The van der Waals surface area contributed by atoms with Crippen LogP contribution >= 0.6 is 0 Å². The van der Waals surface area contributed by atoms with Crippen LogP contribution in [0.5, 0.6) is 5.75 Å². The Kier molecular flexibility index (Phi) is 7.42. The fourth-order valence-electron chi connectivity index (χ4n) is 4.47. The van der Waals surface area contributed by atoms with Crippen molar-refractivity contribution in [1.82, 2.24) is 14.8 Å². The first kappa shape index (κ1) is 22.0. The number of rotatable bonds is 8. The second kappa shape index (κ2) is 10.4. The zero-order valence-corrected chi connectivity index (χ0v) is 18.8. The summed E-state index contributed by atoms with van der Waals surface area (Å²) in [6, 6.07) is 14.8. The highest BCUT2D eigenvalue weighted by Gasteiger charge is 2.26. The van der Waals surface area contributed by atoms with Crippen LogP contribution in [0.1, 0.15) is 12.8 Å². The predicted molar refractivity (Wildman–Crippen MR) is 123 cm³/mol. The summed E-state index contributed by atoms with van der Waals surface area (Å²) >= 11 is 0. The van der Waals surface area contributed by atoms with Gasteiger partial charge >= 0.3 is 10.1 Å². The van der Waals surface area contributed by atoms with E-state index in [2.05, 4.69) is 25.8 Å². The molecule has 31 heavy (non-hydrogen) atoms. The van der Waals surface area contributed by atoms with E-state index in [0.29, 0.717) is 18.2 Å². The average Bonchev–Trinajstić information content (AvgIpc) is 2.80. The summed E-state index contributed by atoms with van der Waals surface area (Å²) in [6.45, 7) is 7.63. The number of pyridine rings is 1. The first-order valence-corrected chi connectivity index (χ1v) is 12.7. The Morgan fingerprint density at radius 1 is 0.935 bits per heavy atom. The zero-order chi connectivity index (χ0) is 21.5. The Labute approximate surface area is 185 Å². The molecule has 0 saturated carbocycles. The lowest BCUT2D eigenvalue weighted by Gasteiger charge is -2.39. The Balaban J connectivity index is 1.20. The number of aromatic nitrogens is 1. The lowest BCUT2D eigenvalue weighted by molar-refractivity contribution is 0.133. The van der Waals surface area contributed by atoms with E-state index in [1.54, 1.807) is 24.3 Å². The predicted octanol–water partition coefficient (Wildman–Crippen LogP) is 2.32. The molecule has 0 spiro atoms. The van der Waals surface area contributed by atoms with Crippen molar-refractivity contribution >= 4 is 15.9 Å². The van der Waals surface area contributed by atoms with Gasteiger partial charge in [0.2, 0.25) is 0 Å². The summed E-state index contributed by atoms with van der Waals surface area (Å²) in [7, 11) is -3.57. The molecular weight excluding hydrogens is 412 g/mol. The third kappa shape index (κ3) is 6.66. The number of piperidine rings is 1. The van der Waals surface area contributed by atoms with Crippen LogP contribution in [0, 0.1) is 5.92 Å². The molecule has 168 valence electrons. The summed E-state index contributed by atoms with van der Waals surface area (Å²) in [6.07, 6.45) is 4.19. The van der Waals surface area contributed by atoms with Crippen molar-refractivity contribution in [3.8, 4) is 5.75 Å². The molecule has 1 aromatic carbocycles. The molecule has 3 heterocycles. The van der Waals surface area contributed by atoms with Crippen molar-refractivity contribution in [1.29, 1.82) is 0 Å². The average molecular weight is 445 g/mol. The smallest absolute Gasteiger partial charge is 0.310 e. The van der Waals surface area contributed by atoms with E-state index < -0.39 is 10.1 Å². The number of hydrogen-bond donors (Lipinski definition) is 0. The highest BCUT2D eigenvalue weighted by Crippen LogP contribution is 2.20. The minimum absolute atomic E-state index is 0.0252. The maximum atomic E-state index is 12.3. The lowest BCUT2D eigenvalue weighted by atomic mass is 9.97. The summed E-state index contributed by atoms with van der Waals surface area (Å²) in [4.78, 5) is 11.6. The molecule has 2 fully saturated rings. The molecule has 0 bridgehead atoms. The van der Waals surface area contributed by atoms with Crippen molar-refractivity contribution < 1.29 is 12.6 Å². The molecule has 1 aromatic heterocycles. The van der Waals surface area contributed by atoms with E-state index in [9.17, 15) is 8.42 Å². The fraction of sp³-hybridized carbons (Fsp3) is 0.522. The number of benzene rings is 1. The fourth-order valence-corrected chi connectivity index (χ4v) is 5.44. The van der Waals surface area contributed by atoms with E-state index in [1.165, 1.54) is 6.42 Å². The first-order valence-electron chi connectivity index (χ1n) is 11.2. The van der Waals surface area contributed by atoms with Gasteiger partial charge in [-0.2, -0.15) is 8.42 Å². The van der Waals surface area contributed by atoms with Gasteiger partial charge in [0.25, 0.3) is 0 Å². The number of likely N-dealkylation sites (tertiary alicyclic amines) is 1. The Hall–Kier alpha value is -2.16. The van der Waals surface area contributed by atoms with E-state index in [4.69, 9.17) is 4.18 Å². The molecule has 2 saturated heterocycles. The highest BCUT2D eigenvalue weighted by molar-refractivity contribution is 7.87. The third-order valence-corrected chi connectivity index (χ3v) is 7.22. The van der Waals surface area contributed by atoms with Crippen molar-refractivity contribution in [2.24, 2.45) is 5.92 Å². The minimum atomic E-state index is -3.57. The van der Waals surface area contributed by atoms with Crippen LogP contribution in [0.25, 0.3) is 0 Å². The standard InChI is InChI=1S/C23H32N4O3S/c28-31(29,30-22-8-2-1-3-9-22)18-17-25-12-6-7-21(19-25)20-26-13-15-27(16-14-26)23-10-4-5-11-24-23/h1-5,8-11,21H,6-7,12-20H2. The second-order valence-corrected chi connectivity index (χ2v) is 10.1. The van der Waals surface area contributed by atoms with Crippen molar-refractivity contribution in [2.75, 3.05) is 63.0 Å². The minimum Gasteiger partial charge on any atom is -0.382 e. The van der Waals surface area contributed by atoms with Gasteiger partial charge in [0.1, 0.15) is 11.6 Å². The van der Waals surface area contributed by atoms with E-state index in [-0.39, 0.29) is 5.75 Å². The molecule has 8 heteroatoms. The SMILES string of the molecule is O=S(=O)(CCN1CCCC(CN2CCN(c3ccccn3)CC2)C1)Oc1ccccc1. The maximum Gasteiger partial charge on any atom is 0.310 e. The largest absolute Gasteiger partial charge is 0.382 e. The normalized spacial score (nSPS) is 21.2. The Morgan fingerprint density at radius 2 is 1.71 bits per heavy atom. The molecular formula is C23H32N4O3S. The van der Waals surface area contributed by atoms with Crippen LogP contribution in [0.2, 0.25) is 0 Å². The van der Waals surface area contributed by atoms with E-state index in [0.717, 1.165) is 58.1 Å². The van der Waals surface area contributed by atoms with E-state index in [1.807, 2.05) is 24.4 Å². The van der Waals surface area contributed by atoms with E-state index >= 15 is 0 Å². The van der Waals surface area contributed by atoms with Crippen molar-refractivity contribution in [2.45, 2.75) is 12.8 Å². The van der Waals surface area contributed by atoms with Crippen LogP contribution in [0.3, 0.4) is 0 Å². The summed E-state index contributed by atoms with van der Waals surface area (Å²) < 4.78 is 29.9. The quantitative estimate of drug-likeness (QED) is 0.579. The molecule has 7 nitrogen and oxygen atoms in total. The molecule has 0 radical (unpaired) electrons. The lowest BCUT2D eigenvalue weighted by Crippen LogP contribution is -2.50. The highest BCUT2D eigenvalue weighted by atomic mass is 32.2. The molecule has 1 atom stereocenters. The second-order valence-electron chi connectivity index (χ2n) is 8.44. The van der Waals surface area contributed by atoms with Gasteiger partial charge in [-0.25, -0.2) is 4.98 Å². The summed E-state index contributed by atoms with van der Waals surface area (Å²) in [5.41, 5.74) is 0. The molecule has 0 amide bonds. The number of para-hydroxylation sites is 1. The third-order valence-electron chi connectivity index (χ3n) is 6.09. The topological polar surface area (TPSA) is 66.0 Å². The van der Waals surface area contributed by atoms with Crippen LogP contribution in [0.15, 0.2) is 54.7 Å².